The summed E-state index contributed by atoms with van der Waals surface area (Å²) in [4.78, 5) is 14.7. The number of hydrogen-bond donors (Lipinski definition) is 3. The van der Waals surface area contributed by atoms with Crippen molar-refractivity contribution in [3.05, 3.63) is 51.7 Å². The molecular formula is C19H22N2O3S. The predicted molar refractivity (Wildman–Crippen MR) is 97.6 cm³/mol. The topological polar surface area (TPSA) is 72.8 Å². The van der Waals surface area contributed by atoms with E-state index in [0.29, 0.717) is 25.8 Å². The molecule has 0 radical (unpaired) electrons. The second kappa shape index (κ2) is 6.53. The number of aliphatic hydroxyl groups excluding tert-OH is 1. The monoisotopic (exact) mass is 358 g/mol. The lowest BCUT2D eigenvalue weighted by molar-refractivity contribution is -0.115. The highest BCUT2D eigenvalue weighted by atomic mass is 32.1. The van der Waals surface area contributed by atoms with Gasteiger partial charge in [-0.2, -0.15) is 0 Å². The van der Waals surface area contributed by atoms with Crippen molar-refractivity contribution in [2.75, 3.05) is 25.0 Å². The zero-order chi connectivity index (χ0) is 17.4. The Morgan fingerprint density at radius 1 is 1.28 bits per heavy atom. The summed E-state index contributed by atoms with van der Waals surface area (Å²) in [5, 5.41) is 26.2. The molecule has 1 fully saturated rings. The van der Waals surface area contributed by atoms with Gasteiger partial charge in [-0.1, -0.05) is 18.2 Å². The molecule has 2 aliphatic heterocycles. The van der Waals surface area contributed by atoms with Crippen LogP contribution in [0.25, 0.3) is 0 Å². The first-order valence-corrected chi connectivity index (χ1v) is 9.51. The average Bonchev–Trinajstić information content (AvgIpc) is 3.25. The van der Waals surface area contributed by atoms with Gasteiger partial charge < -0.3 is 20.4 Å². The lowest BCUT2D eigenvalue weighted by Crippen LogP contribution is -2.43. The van der Waals surface area contributed by atoms with Gasteiger partial charge in [-0.25, -0.2) is 0 Å². The van der Waals surface area contributed by atoms with E-state index >= 15 is 0 Å². The van der Waals surface area contributed by atoms with Crippen LogP contribution in [-0.2, 0) is 16.8 Å². The molecule has 2 aliphatic rings. The van der Waals surface area contributed by atoms with Crippen molar-refractivity contribution < 1.29 is 15.0 Å². The molecule has 25 heavy (non-hydrogen) atoms. The molecule has 4 rings (SSSR count). The third-order valence-electron chi connectivity index (χ3n) is 5.23. The van der Waals surface area contributed by atoms with Crippen LogP contribution in [0.5, 0.6) is 0 Å². The highest BCUT2D eigenvalue weighted by Gasteiger charge is 2.35. The Morgan fingerprint density at radius 3 is 2.80 bits per heavy atom. The molecule has 1 amide bonds. The molecule has 0 bridgehead atoms. The van der Waals surface area contributed by atoms with E-state index in [2.05, 4.69) is 10.2 Å². The second-order valence-corrected chi connectivity index (χ2v) is 7.91. The first-order chi connectivity index (χ1) is 12.0. The highest BCUT2D eigenvalue weighted by molar-refractivity contribution is 7.10. The van der Waals surface area contributed by atoms with Gasteiger partial charge in [-0.3, -0.25) is 4.79 Å². The standard InChI is InChI=1S/C19H22N2O3S/c22-16(13-3-4-15-14(10-13)11-18(23)20-15)12-21-7-5-19(24,6-8-21)17-2-1-9-25-17/h1-4,9-10,16,22,24H,5-8,11-12H2,(H,20,23). The van der Waals surface area contributed by atoms with Crippen LogP contribution >= 0.6 is 11.3 Å². The smallest absolute Gasteiger partial charge is 0.228 e. The molecule has 5 nitrogen and oxygen atoms in total. The van der Waals surface area contributed by atoms with E-state index in [1.165, 1.54) is 0 Å². The summed E-state index contributed by atoms with van der Waals surface area (Å²) in [7, 11) is 0. The molecule has 1 aromatic carbocycles. The minimum atomic E-state index is -0.727. The van der Waals surface area contributed by atoms with Crippen molar-refractivity contribution >= 4 is 22.9 Å². The third kappa shape index (κ3) is 3.35. The second-order valence-electron chi connectivity index (χ2n) is 6.97. The maximum Gasteiger partial charge on any atom is 0.228 e. The summed E-state index contributed by atoms with van der Waals surface area (Å²) < 4.78 is 0. The molecule has 3 N–H and O–H groups in total. The molecule has 0 spiro atoms. The summed E-state index contributed by atoms with van der Waals surface area (Å²) in [5.41, 5.74) is 1.91. The Morgan fingerprint density at radius 2 is 2.08 bits per heavy atom. The van der Waals surface area contributed by atoms with Gasteiger partial charge in [0.25, 0.3) is 0 Å². The van der Waals surface area contributed by atoms with Crippen molar-refractivity contribution in [3.8, 4) is 0 Å². The molecule has 1 saturated heterocycles. The van der Waals surface area contributed by atoms with Crippen LogP contribution in [0.4, 0.5) is 5.69 Å². The van der Waals surface area contributed by atoms with Crippen molar-refractivity contribution in [1.82, 2.24) is 4.90 Å². The zero-order valence-electron chi connectivity index (χ0n) is 13.9. The number of anilines is 1. The van der Waals surface area contributed by atoms with Crippen LogP contribution in [0, 0.1) is 0 Å². The van der Waals surface area contributed by atoms with Gasteiger partial charge in [0.2, 0.25) is 5.91 Å². The molecule has 0 saturated carbocycles. The number of amides is 1. The van der Waals surface area contributed by atoms with Crippen molar-refractivity contribution in [3.63, 3.8) is 0 Å². The number of likely N-dealkylation sites (tertiary alicyclic amines) is 1. The number of benzene rings is 1. The van der Waals surface area contributed by atoms with Gasteiger partial charge in [-0.05, 0) is 41.5 Å². The van der Waals surface area contributed by atoms with Crippen LogP contribution in [-0.4, -0.2) is 40.7 Å². The Labute approximate surface area is 150 Å². The SMILES string of the molecule is O=C1Cc2cc(C(O)CN3CCC(O)(c4cccs4)CC3)ccc2N1. The fraction of sp³-hybridized carbons (Fsp3) is 0.421. The van der Waals surface area contributed by atoms with Gasteiger partial charge in [0.1, 0.15) is 5.60 Å². The quantitative estimate of drug-likeness (QED) is 0.784. The van der Waals surface area contributed by atoms with Gasteiger partial charge in [0.05, 0.1) is 12.5 Å². The number of rotatable bonds is 4. The number of aliphatic hydroxyl groups is 2. The van der Waals surface area contributed by atoms with E-state index in [1.807, 2.05) is 35.7 Å². The summed E-state index contributed by atoms with van der Waals surface area (Å²) in [6, 6.07) is 9.63. The van der Waals surface area contributed by atoms with E-state index in [-0.39, 0.29) is 5.91 Å². The van der Waals surface area contributed by atoms with Gasteiger partial charge >= 0.3 is 0 Å². The number of carbonyl (C=O) groups excluding carboxylic acids is 1. The molecular weight excluding hydrogens is 336 g/mol. The number of fused-ring (bicyclic) bond motifs is 1. The van der Waals surface area contributed by atoms with Crippen LogP contribution in [0.3, 0.4) is 0 Å². The fourth-order valence-corrected chi connectivity index (χ4v) is 4.59. The highest BCUT2D eigenvalue weighted by Crippen LogP contribution is 2.36. The van der Waals surface area contributed by atoms with Gasteiger partial charge in [-0.15, -0.1) is 11.3 Å². The number of hydrogen-bond acceptors (Lipinski definition) is 5. The molecule has 132 valence electrons. The number of β-amino-alcohol motifs (C(OH)–C–C–N with tert-alkyl or cyclic N) is 1. The van der Waals surface area contributed by atoms with Crippen LogP contribution in [0.1, 0.15) is 34.9 Å². The van der Waals surface area contributed by atoms with E-state index in [1.54, 1.807) is 11.3 Å². The average molecular weight is 358 g/mol. The van der Waals surface area contributed by atoms with E-state index in [4.69, 9.17) is 0 Å². The van der Waals surface area contributed by atoms with Crippen molar-refractivity contribution in [2.24, 2.45) is 0 Å². The van der Waals surface area contributed by atoms with Crippen molar-refractivity contribution in [2.45, 2.75) is 31.0 Å². The minimum Gasteiger partial charge on any atom is -0.387 e. The normalized spacial score (nSPS) is 21.0. The molecule has 1 aromatic heterocycles. The predicted octanol–water partition coefficient (Wildman–Crippen LogP) is 2.26. The van der Waals surface area contributed by atoms with Crippen molar-refractivity contribution in [1.29, 1.82) is 0 Å². The molecule has 6 heteroatoms. The minimum absolute atomic E-state index is 0.00512. The summed E-state index contributed by atoms with van der Waals surface area (Å²) in [5.74, 6) is 0.00512. The number of carbonyl (C=O) groups is 1. The Bertz CT molecular complexity index is 767. The molecule has 0 aliphatic carbocycles. The first-order valence-electron chi connectivity index (χ1n) is 8.63. The molecule has 1 unspecified atom stereocenters. The Kier molecular flexibility index (Phi) is 4.37. The van der Waals surface area contributed by atoms with Crippen LogP contribution in [0.15, 0.2) is 35.7 Å². The summed E-state index contributed by atoms with van der Waals surface area (Å²) in [6.07, 6.45) is 1.16. The zero-order valence-corrected chi connectivity index (χ0v) is 14.8. The van der Waals surface area contributed by atoms with Crippen LogP contribution < -0.4 is 5.32 Å². The van der Waals surface area contributed by atoms with Gasteiger partial charge in [0, 0.05) is 30.2 Å². The lowest BCUT2D eigenvalue weighted by Gasteiger charge is -2.38. The van der Waals surface area contributed by atoms with Crippen LogP contribution in [0.2, 0.25) is 0 Å². The summed E-state index contributed by atoms with van der Waals surface area (Å²) in [6.45, 7) is 2.06. The summed E-state index contributed by atoms with van der Waals surface area (Å²) >= 11 is 1.60. The van der Waals surface area contributed by atoms with E-state index in [9.17, 15) is 15.0 Å². The maximum absolute atomic E-state index is 11.5. The Hall–Kier alpha value is -1.73. The third-order valence-corrected chi connectivity index (χ3v) is 6.30. The van der Waals surface area contributed by atoms with Gasteiger partial charge in [0.15, 0.2) is 0 Å². The number of piperidine rings is 1. The Balaban J connectivity index is 1.37. The first kappa shape index (κ1) is 16.7. The number of nitrogens with one attached hydrogen (secondary N) is 1. The lowest BCUT2D eigenvalue weighted by atomic mass is 9.89. The van der Waals surface area contributed by atoms with E-state index < -0.39 is 11.7 Å². The molecule has 3 heterocycles. The maximum atomic E-state index is 11.5. The number of nitrogens with zero attached hydrogens (tertiary/aromatic N) is 1. The molecule has 2 aromatic rings. The van der Waals surface area contributed by atoms with E-state index in [0.717, 1.165) is 34.8 Å². The largest absolute Gasteiger partial charge is 0.387 e. The fourth-order valence-electron chi connectivity index (χ4n) is 3.70. The number of thiophene rings is 1. The molecule has 1 atom stereocenters.